The highest BCUT2D eigenvalue weighted by Gasteiger charge is 2.16. The molecule has 1 aromatic carbocycles. The molecule has 7 heteroatoms. The quantitative estimate of drug-likeness (QED) is 0.790. The molecule has 0 amide bonds. The highest BCUT2D eigenvalue weighted by Crippen LogP contribution is 2.15. The molecule has 1 atom stereocenters. The maximum Gasteiger partial charge on any atom is 0.240 e. The molecule has 1 heterocycles. The third kappa shape index (κ3) is 4.76. The lowest BCUT2D eigenvalue weighted by Crippen LogP contribution is -2.41. The maximum atomic E-state index is 12.3. The molecule has 0 saturated carbocycles. The number of hydrogen-bond donors (Lipinski definition) is 2. The second kappa shape index (κ2) is 7.33. The first kappa shape index (κ1) is 16.4. The van der Waals surface area contributed by atoms with E-state index in [2.05, 4.69) is 9.62 Å². The minimum atomic E-state index is -3.48. The number of nitrogens with one attached hydrogen (secondary N) is 1. The molecule has 6 nitrogen and oxygen atoms in total. The van der Waals surface area contributed by atoms with Crippen LogP contribution in [0.5, 0.6) is 0 Å². The van der Waals surface area contributed by atoms with Crippen LogP contribution in [-0.2, 0) is 14.8 Å². The van der Waals surface area contributed by atoms with Crippen molar-refractivity contribution in [3.8, 4) is 0 Å². The number of ether oxygens (including phenoxy) is 1. The Bertz CT molecular complexity index is 554. The van der Waals surface area contributed by atoms with E-state index in [4.69, 9.17) is 10.5 Å². The number of benzene rings is 1. The van der Waals surface area contributed by atoms with Crippen molar-refractivity contribution < 1.29 is 13.2 Å². The van der Waals surface area contributed by atoms with Gasteiger partial charge in [0.05, 0.1) is 18.1 Å². The number of morpholine rings is 1. The van der Waals surface area contributed by atoms with E-state index in [1.165, 1.54) is 0 Å². The summed E-state index contributed by atoms with van der Waals surface area (Å²) in [6.07, 6.45) is 0. The molecule has 0 spiro atoms. The van der Waals surface area contributed by atoms with E-state index < -0.39 is 10.0 Å². The zero-order chi connectivity index (χ0) is 15.3. The van der Waals surface area contributed by atoms with E-state index in [0.29, 0.717) is 26.3 Å². The van der Waals surface area contributed by atoms with Gasteiger partial charge in [-0.1, -0.05) is 12.1 Å². The Kier molecular flexibility index (Phi) is 5.72. The van der Waals surface area contributed by atoms with Crippen LogP contribution in [-0.4, -0.2) is 52.7 Å². The molecule has 1 aliphatic heterocycles. The van der Waals surface area contributed by atoms with Crippen molar-refractivity contribution >= 4 is 10.0 Å². The van der Waals surface area contributed by atoms with Crippen molar-refractivity contribution in [3.05, 3.63) is 29.8 Å². The summed E-state index contributed by atoms with van der Waals surface area (Å²) >= 11 is 0. The summed E-state index contributed by atoms with van der Waals surface area (Å²) in [6, 6.07) is 6.57. The van der Waals surface area contributed by atoms with Crippen molar-refractivity contribution in [1.29, 1.82) is 0 Å². The van der Waals surface area contributed by atoms with Crippen LogP contribution in [0.2, 0.25) is 0 Å². The molecule has 0 radical (unpaired) electrons. The Hall–Kier alpha value is -0.990. The second-order valence-corrected chi connectivity index (χ2v) is 6.98. The fourth-order valence-corrected chi connectivity index (χ4v) is 3.29. The van der Waals surface area contributed by atoms with Crippen molar-refractivity contribution in [2.45, 2.75) is 17.9 Å². The van der Waals surface area contributed by atoms with Gasteiger partial charge in [-0.3, -0.25) is 4.90 Å². The van der Waals surface area contributed by atoms with Crippen molar-refractivity contribution in [3.63, 3.8) is 0 Å². The van der Waals surface area contributed by atoms with Gasteiger partial charge in [-0.05, 0) is 24.6 Å². The Morgan fingerprint density at radius 1 is 1.38 bits per heavy atom. The van der Waals surface area contributed by atoms with E-state index in [1.807, 2.05) is 13.0 Å². The Labute approximate surface area is 126 Å². The van der Waals surface area contributed by atoms with Crippen molar-refractivity contribution in [1.82, 2.24) is 9.62 Å². The molecular formula is C14H23N3O3S. The summed E-state index contributed by atoms with van der Waals surface area (Å²) in [6.45, 7) is 6.04. The van der Waals surface area contributed by atoms with E-state index >= 15 is 0 Å². The van der Waals surface area contributed by atoms with Crippen LogP contribution in [0.25, 0.3) is 0 Å². The molecule has 0 aromatic heterocycles. The van der Waals surface area contributed by atoms with Crippen LogP contribution in [0.4, 0.5) is 0 Å². The first-order valence-electron chi connectivity index (χ1n) is 7.14. The fraction of sp³-hybridized carbons (Fsp3) is 0.571. The first-order valence-corrected chi connectivity index (χ1v) is 8.63. The van der Waals surface area contributed by atoms with Gasteiger partial charge in [-0.2, -0.15) is 0 Å². The van der Waals surface area contributed by atoms with Gasteiger partial charge in [0.25, 0.3) is 0 Å². The number of hydrogen-bond acceptors (Lipinski definition) is 5. The van der Waals surface area contributed by atoms with Crippen LogP contribution in [0.3, 0.4) is 0 Å². The molecule has 1 fully saturated rings. The average Bonchev–Trinajstić information content (AvgIpc) is 2.48. The molecule has 1 unspecified atom stereocenters. The van der Waals surface area contributed by atoms with Gasteiger partial charge in [-0.15, -0.1) is 0 Å². The third-order valence-corrected chi connectivity index (χ3v) is 4.98. The second-order valence-electron chi connectivity index (χ2n) is 5.21. The molecule has 0 aliphatic carbocycles. The number of sulfonamides is 1. The van der Waals surface area contributed by atoms with E-state index in [9.17, 15) is 8.42 Å². The van der Waals surface area contributed by atoms with Gasteiger partial charge in [0.1, 0.15) is 0 Å². The highest BCUT2D eigenvalue weighted by molar-refractivity contribution is 7.89. The largest absolute Gasteiger partial charge is 0.379 e. The van der Waals surface area contributed by atoms with Crippen LogP contribution in [0.15, 0.2) is 29.2 Å². The minimum absolute atomic E-state index is 0.187. The molecule has 1 saturated heterocycles. The normalized spacial score (nSPS) is 18.6. The average molecular weight is 313 g/mol. The van der Waals surface area contributed by atoms with Gasteiger partial charge in [-0.25, -0.2) is 13.1 Å². The topological polar surface area (TPSA) is 84.7 Å². The zero-order valence-electron chi connectivity index (χ0n) is 12.3. The lowest BCUT2D eigenvalue weighted by molar-refractivity contribution is 0.0390. The number of nitrogens with zero attached hydrogens (tertiary/aromatic N) is 1. The minimum Gasteiger partial charge on any atom is -0.379 e. The predicted octanol–water partition coefficient (Wildman–Crippen LogP) is 0.317. The molecule has 0 bridgehead atoms. The number of nitrogens with two attached hydrogens (primary N) is 1. The first-order chi connectivity index (χ1) is 9.99. The Morgan fingerprint density at radius 2 is 2.10 bits per heavy atom. The molecule has 3 N–H and O–H groups in total. The predicted molar refractivity (Wildman–Crippen MR) is 81.5 cm³/mol. The highest BCUT2D eigenvalue weighted by atomic mass is 32.2. The number of rotatable bonds is 6. The Balaban J connectivity index is 1.93. The Morgan fingerprint density at radius 3 is 2.76 bits per heavy atom. The SMILES string of the molecule is CC(N)c1cccc(S(=O)(=O)NCCN2CCOCC2)c1. The van der Waals surface area contributed by atoms with Gasteiger partial charge in [0.15, 0.2) is 0 Å². The lowest BCUT2D eigenvalue weighted by Gasteiger charge is -2.26. The smallest absolute Gasteiger partial charge is 0.240 e. The van der Waals surface area contributed by atoms with E-state index in [-0.39, 0.29) is 10.9 Å². The maximum absolute atomic E-state index is 12.3. The summed E-state index contributed by atoms with van der Waals surface area (Å²) in [4.78, 5) is 2.45. The van der Waals surface area contributed by atoms with Gasteiger partial charge in [0, 0.05) is 32.2 Å². The summed E-state index contributed by atoms with van der Waals surface area (Å²) < 4.78 is 32.4. The molecule has 1 aliphatic rings. The van der Waals surface area contributed by atoms with Crippen molar-refractivity contribution in [2.75, 3.05) is 39.4 Å². The molecule has 2 rings (SSSR count). The van der Waals surface area contributed by atoms with Crippen molar-refractivity contribution in [2.24, 2.45) is 5.73 Å². The monoisotopic (exact) mass is 313 g/mol. The van der Waals surface area contributed by atoms with Crippen LogP contribution >= 0.6 is 0 Å². The van der Waals surface area contributed by atoms with Crippen LogP contribution in [0, 0.1) is 0 Å². The van der Waals surface area contributed by atoms with Crippen LogP contribution < -0.4 is 10.5 Å². The van der Waals surface area contributed by atoms with Gasteiger partial charge >= 0.3 is 0 Å². The lowest BCUT2D eigenvalue weighted by atomic mass is 10.1. The molecule has 118 valence electrons. The molecule has 21 heavy (non-hydrogen) atoms. The van der Waals surface area contributed by atoms with Gasteiger partial charge in [0.2, 0.25) is 10.0 Å². The molecule has 1 aromatic rings. The standard InChI is InChI=1S/C14H23N3O3S/c1-12(15)13-3-2-4-14(11-13)21(18,19)16-5-6-17-7-9-20-10-8-17/h2-4,11-12,16H,5-10,15H2,1H3. The zero-order valence-corrected chi connectivity index (χ0v) is 13.1. The van der Waals surface area contributed by atoms with Gasteiger partial charge < -0.3 is 10.5 Å². The summed E-state index contributed by atoms with van der Waals surface area (Å²) in [5.41, 5.74) is 6.60. The molecular weight excluding hydrogens is 290 g/mol. The van der Waals surface area contributed by atoms with E-state index in [0.717, 1.165) is 18.7 Å². The summed E-state index contributed by atoms with van der Waals surface area (Å²) in [5.74, 6) is 0. The van der Waals surface area contributed by atoms with E-state index in [1.54, 1.807) is 18.2 Å². The third-order valence-electron chi connectivity index (χ3n) is 3.52. The summed E-state index contributed by atoms with van der Waals surface area (Å²) in [7, 11) is -3.48. The fourth-order valence-electron chi connectivity index (χ4n) is 2.21. The summed E-state index contributed by atoms with van der Waals surface area (Å²) in [5, 5.41) is 0. The van der Waals surface area contributed by atoms with Crippen LogP contribution in [0.1, 0.15) is 18.5 Å².